The Kier molecular flexibility index (Phi) is 6.62. The number of nitrogens with one attached hydrogen (secondary N) is 1. The molecule has 1 aromatic heterocycles. The number of thioether (sulfide) groups is 1. The molecule has 1 fully saturated rings. The molecule has 0 saturated heterocycles. The van der Waals surface area contributed by atoms with E-state index >= 15 is 0 Å². The predicted octanol–water partition coefficient (Wildman–Crippen LogP) is 3.76. The fourth-order valence-corrected chi connectivity index (χ4v) is 4.85. The number of imide groups is 1. The molecule has 3 rings (SSSR count). The molecular weight excluding hydrogens is 390 g/mol. The van der Waals surface area contributed by atoms with Gasteiger partial charge in [0.1, 0.15) is 0 Å². The number of nitrogens with zero attached hydrogens (tertiary/aromatic N) is 2. The first-order chi connectivity index (χ1) is 13.8. The van der Waals surface area contributed by atoms with Gasteiger partial charge in [0, 0.05) is 6.04 Å². The molecule has 2 aromatic rings. The minimum Gasteiger partial charge on any atom is -0.453 e. The molecule has 1 heterocycles. The molecule has 0 spiro atoms. The summed E-state index contributed by atoms with van der Waals surface area (Å²) >= 11 is 1.19. The molecule has 0 radical (unpaired) electrons. The van der Waals surface area contributed by atoms with Gasteiger partial charge in [-0.3, -0.25) is 19.5 Å². The summed E-state index contributed by atoms with van der Waals surface area (Å²) in [4.78, 5) is 41.8. The number of carbonyl (C=O) groups excluding carboxylic acids is 2. The lowest BCUT2D eigenvalue weighted by molar-refractivity contribution is -0.119. The summed E-state index contributed by atoms with van der Waals surface area (Å²) in [5.41, 5.74) is 0.526. The van der Waals surface area contributed by atoms with Crippen molar-refractivity contribution in [3.63, 3.8) is 0 Å². The van der Waals surface area contributed by atoms with Gasteiger partial charge in [-0.1, -0.05) is 50.6 Å². The average molecular weight is 418 g/mol. The van der Waals surface area contributed by atoms with E-state index in [9.17, 15) is 14.4 Å². The third-order valence-electron chi connectivity index (χ3n) is 5.83. The molecule has 1 N–H and O–H groups in total. The van der Waals surface area contributed by atoms with Crippen LogP contribution in [0.2, 0.25) is 0 Å². The first-order valence-electron chi connectivity index (χ1n) is 9.90. The monoisotopic (exact) mass is 417 g/mol. The fourth-order valence-electron chi connectivity index (χ4n) is 3.88. The highest BCUT2D eigenvalue weighted by molar-refractivity contribution is 8.00. The molecule has 156 valence electrons. The van der Waals surface area contributed by atoms with Crippen LogP contribution in [-0.2, 0) is 9.53 Å². The van der Waals surface area contributed by atoms with Gasteiger partial charge in [-0.15, -0.1) is 0 Å². The third kappa shape index (κ3) is 4.47. The molecule has 8 heteroatoms. The number of fused-ring (bicyclic) bond motifs is 1. The van der Waals surface area contributed by atoms with E-state index in [-0.39, 0.29) is 11.6 Å². The van der Waals surface area contributed by atoms with Crippen molar-refractivity contribution < 1.29 is 14.3 Å². The first kappa shape index (κ1) is 21.4. The summed E-state index contributed by atoms with van der Waals surface area (Å²) in [6.45, 7) is 6.08. The molecule has 4 atom stereocenters. The van der Waals surface area contributed by atoms with Crippen LogP contribution in [0, 0.1) is 11.8 Å². The molecule has 1 saturated carbocycles. The number of rotatable bonds is 4. The van der Waals surface area contributed by atoms with Gasteiger partial charge in [-0.25, -0.2) is 9.78 Å². The summed E-state index contributed by atoms with van der Waals surface area (Å²) in [6.07, 6.45) is 2.30. The van der Waals surface area contributed by atoms with E-state index in [4.69, 9.17) is 4.98 Å². The Balaban J connectivity index is 2.04. The van der Waals surface area contributed by atoms with Gasteiger partial charge in [-0.2, -0.15) is 0 Å². The number of hydrogen-bond donors (Lipinski definition) is 1. The van der Waals surface area contributed by atoms with Crippen LogP contribution >= 0.6 is 11.8 Å². The van der Waals surface area contributed by atoms with Gasteiger partial charge >= 0.3 is 6.09 Å². The zero-order chi connectivity index (χ0) is 21.1. The highest BCUT2D eigenvalue weighted by Crippen LogP contribution is 2.39. The van der Waals surface area contributed by atoms with Gasteiger partial charge in [0.05, 0.1) is 23.3 Å². The molecule has 2 amide bonds. The second kappa shape index (κ2) is 8.98. The maximum absolute atomic E-state index is 13.4. The number of carbonyl (C=O) groups is 2. The highest BCUT2D eigenvalue weighted by atomic mass is 32.2. The van der Waals surface area contributed by atoms with Gasteiger partial charge in [0.25, 0.3) is 5.56 Å². The summed E-state index contributed by atoms with van der Waals surface area (Å²) in [7, 11) is 1.20. The minimum atomic E-state index is -0.805. The average Bonchev–Trinajstić information content (AvgIpc) is 2.70. The van der Waals surface area contributed by atoms with Crippen molar-refractivity contribution in [2.45, 2.75) is 56.5 Å². The number of aromatic nitrogens is 2. The first-order valence-corrected chi connectivity index (χ1v) is 10.8. The number of hydrogen-bond acceptors (Lipinski definition) is 6. The zero-order valence-electron chi connectivity index (χ0n) is 17.2. The van der Waals surface area contributed by atoms with Crippen molar-refractivity contribution in [2.75, 3.05) is 7.11 Å². The van der Waals surface area contributed by atoms with Crippen LogP contribution in [0.5, 0.6) is 0 Å². The highest BCUT2D eigenvalue weighted by Gasteiger charge is 2.32. The largest absolute Gasteiger partial charge is 0.453 e. The standard InChI is InChI=1S/C21H27N3O4S/c1-12-8-7-11-17(13(12)2)24-19(26)15-9-5-6-10-16(15)22-20(24)29-14(3)18(25)23-21(27)28-4/h5-6,9-10,12-14,17H,7-8,11H2,1-4H3,(H,23,25,27)/t12-,13-,14+,17-/m1/s1. The molecule has 0 unspecified atom stereocenters. The predicted molar refractivity (Wildman–Crippen MR) is 113 cm³/mol. The maximum atomic E-state index is 13.4. The normalized spacial score (nSPS) is 22.8. The topological polar surface area (TPSA) is 90.3 Å². The Bertz CT molecular complexity index is 974. The second-order valence-corrected chi connectivity index (χ2v) is 8.97. The Labute approximate surface area is 174 Å². The smallest absolute Gasteiger partial charge is 0.413 e. The van der Waals surface area contributed by atoms with E-state index in [0.717, 1.165) is 19.3 Å². The van der Waals surface area contributed by atoms with E-state index in [1.54, 1.807) is 23.6 Å². The van der Waals surface area contributed by atoms with Crippen LogP contribution < -0.4 is 10.9 Å². The van der Waals surface area contributed by atoms with Crippen LogP contribution in [0.1, 0.15) is 46.1 Å². The lowest BCUT2D eigenvalue weighted by atomic mass is 9.78. The SMILES string of the molecule is COC(=O)NC(=O)[C@H](C)Sc1nc2ccccc2c(=O)n1[C@@H]1CCC[C@@H](C)[C@H]1C. The maximum Gasteiger partial charge on any atom is 0.413 e. The van der Waals surface area contributed by atoms with Gasteiger partial charge < -0.3 is 4.74 Å². The number of alkyl carbamates (subject to hydrolysis) is 1. The molecule has 1 aliphatic carbocycles. The van der Waals surface area contributed by atoms with E-state index in [0.29, 0.717) is 27.9 Å². The molecular formula is C21H27N3O4S. The third-order valence-corrected chi connectivity index (χ3v) is 6.90. The van der Waals surface area contributed by atoms with Crippen molar-refractivity contribution in [1.82, 2.24) is 14.9 Å². The van der Waals surface area contributed by atoms with Crippen molar-refractivity contribution in [2.24, 2.45) is 11.8 Å². The second-order valence-electron chi connectivity index (χ2n) is 7.66. The van der Waals surface area contributed by atoms with Crippen LogP contribution in [0.15, 0.2) is 34.2 Å². The Morgan fingerprint density at radius 1 is 1.28 bits per heavy atom. The molecule has 0 bridgehead atoms. The van der Waals surface area contributed by atoms with Crippen molar-refractivity contribution >= 4 is 34.7 Å². The van der Waals surface area contributed by atoms with Gasteiger partial charge in [-0.05, 0) is 37.3 Å². The lowest BCUT2D eigenvalue weighted by Gasteiger charge is -2.36. The molecule has 29 heavy (non-hydrogen) atoms. The Hall–Kier alpha value is -2.35. The summed E-state index contributed by atoms with van der Waals surface area (Å²) in [6, 6.07) is 7.30. The van der Waals surface area contributed by atoms with Gasteiger partial charge in [0.2, 0.25) is 5.91 Å². The number of para-hydroxylation sites is 1. The number of methoxy groups -OCH3 is 1. The quantitative estimate of drug-likeness (QED) is 0.602. The summed E-state index contributed by atoms with van der Waals surface area (Å²) < 4.78 is 6.26. The van der Waals surface area contributed by atoms with E-state index in [1.807, 2.05) is 12.1 Å². The summed E-state index contributed by atoms with van der Waals surface area (Å²) in [5.74, 6) is 0.342. The minimum absolute atomic E-state index is 0.0294. The van der Waals surface area contributed by atoms with Crippen LogP contribution in [0.3, 0.4) is 0 Å². The van der Waals surface area contributed by atoms with Gasteiger partial charge in [0.15, 0.2) is 5.16 Å². The number of benzene rings is 1. The Morgan fingerprint density at radius 3 is 2.72 bits per heavy atom. The molecule has 0 aliphatic heterocycles. The summed E-state index contributed by atoms with van der Waals surface area (Å²) in [5, 5.41) is 2.64. The Morgan fingerprint density at radius 2 is 2.00 bits per heavy atom. The number of amides is 2. The van der Waals surface area contributed by atoms with E-state index < -0.39 is 17.3 Å². The van der Waals surface area contributed by atoms with Crippen LogP contribution in [-0.4, -0.2) is 33.9 Å². The van der Waals surface area contributed by atoms with Crippen LogP contribution in [0.25, 0.3) is 10.9 Å². The fraction of sp³-hybridized carbons (Fsp3) is 0.524. The zero-order valence-corrected chi connectivity index (χ0v) is 18.0. The number of ether oxygens (including phenoxy) is 1. The van der Waals surface area contributed by atoms with Crippen molar-refractivity contribution in [3.05, 3.63) is 34.6 Å². The molecule has 1 aromatic carbocycles. The van der Waals surface area contributed by atoms with E-state index in [1.165, 1.54) is 18.9 Å². The molecule has 7 nitrogen and oxygen atoms in total. The lowest BCUT2D eigenvalue weighted by Crippen LogP contribution is -2.38. The van der Waals surface area contributed by atoms with Crippen molar-refractivity contribution in [3.8, 4) is 0 Å². The van der Waals surface area contributed by atoms with Crippen LogP contribution in [0.4, 0.5) is 4.79 Å². The molecule has 1 aliphatic rings. The van der Waals surface area contributed by atoms with E-state index in [2.05, 4.69) is 23.9 Å². The van der Waals surface area contributed by atoms with Crippen molar-refractivity contribution in [1.29, 1.82) is 0 Å².